The van der Waals surface area contributed by atoms with Crippen molar-refractivity contribution >= 4 is 15.8 Å². The maximum Gasteiger partial charge on any atom is 0.225 e. The highest BCUT2D eigenvalue weighted by Crippen LogP contribution is 2.21. The number of hydrogen-bond acceptors (Lipinski definition) is 5. The Kier molecular flexibility index (Phi) is 5.10. The highest BCUT2D eigenvalue weighted by molar-refractivity contribution is 7.91. The molecule has 1 aromatic rings. The van der Waals surface area contributed by atoms with E-state index in [4.69, 9.17) is 0 Å². The molecule has 124 valence electrons. The molecule has 6 heteroatoms. The third-order valence-corrected chi connectivity index (χ3v) is 5.93. The third-order valence-electron chi connectivity index (χ3n) is 4.05. The van der Waals surface area contributed by atoms with Crippen LogP contribution in [0.1, 0.15) is 37.7 Å². The number of aromatic nitrogens is 2. The van der Waals surface area contributed by atoms with E-state index in [-0.39, 0.29) is 17.4 Å². The molecule has 22 heavy (non-hydrogen) atoms. The Morgan fingerprint density at radius 2 is 1.82 bits per heavy atom. The number of nitrogens with zero attached hydrogens (tertiary/aromatic N) is 3. The zero-order valence-corrected chi connectivity index (χ0v) is 15.1. The molecule has 1 atom stereocenters. The molecule has 1 aliphatic rings. The van der Waals surface area contributed by atoms with Crippen molar-refractivity contribution in [2.75, 3.05) is 29.5 Å². The first kappa shape index (κ1) is 17.2. The first-order valence-electron chi connectivity index (χ1n) is 7.97. The van der Waals surface area contributed by atoms with Crippen LogP contribution in [-0.4, -0.2) is 43.0 Å². The Balaban J connectivity index is 2.29. The molecule has 0 amide bonds. The Bertz CT molecular complexity index is 618. The van der Waals surface area contributed by atoms with E-state index in [9.17, 15) is 8.42 Å². The SMILES string of the molecule is Cc1nc(N2CCS(=O)(=O)C[C@H](C)C2)nc(C)c1CC(C)C. The van der Waals surface area contributed by atoms with Gasteiger partial charge in [-0.05, 0) is 37.7 Å². The summed E-state index contributed by atoms with van der Waals surface area (Å²) in [4.78, 5) is 11.3. The maximum absolute atomic E-state index is 11.9. The molecule has 1 fully saturated rings. The van der Waals surface area contributed by atoms with E-state index in [0.717, 1.165) is 17.8 Å². The van der Waals surface area contributed by atoms with Crippen molar-refractivity contribution in [2.24, 2.45) is 11.8 Å². The predicted octanol–water partition coefficient (Wildman–Crippen LogP) is 2.16. The zero-order valence-electron chi connectivity index (χ0n) is 14.3. The lowest BCUT2D eigenvalue weighted by Gasteiger charge is -2.23. The molecule has 0 aliphatic carbocycles. The van der Waals surface area contributed by atoms with Crippen LogP contribution in [0.25, 0.3) is 0 Å². The lowest BCUT2D eigenvalue weighted by atomic mass is 10.0. The Morgan fingerprint density at radius 3 is 2.36 bits per heavy atom. The second-order valence-corrected chi connectivity index (χ2v) is 9.17. The first-order valence-corrected chi connectivity index (χ1v) is 9.79. The smallest absolute Gasteiger partial charge is 0.225 e. The van der Waals surface area contributed by atoms with Crippen molar-refractivity contribution in [3.8, 4) is 0 Å². The predicted molar refractivity (Wildman–Crippen MR) is 90.1 cm³/mol. The summed E-state index contributed by atoms with van der Waals surface area (Å²) in [5, 5.41) is 0. The van der Waals surface area contributed by atoms with Gasteiger partial charge >= 0.3 is 0 Å². The van der Waals surface area contributed by atoms with Crippen molar-refractivity contribution in [1.82, 2.24) is 9.97 Å². The van der Waals surface area contributed by atoms with Gasteiger partial charge < -0.3 is 4.90 Å². The van der Waals surface area contributed by atoms with Gasteiger partial charge in [0.25, 0.3) is 0 Å². The average Bonchev–Trinajstić information content (AvgIpc) is 2.50. The van der Waals surface area contributed by atoms with E-state index in [1.165, 1.54) is 5.56 Å². The van der Waals surface area contributed by atoms with E-state index < -0.39 is 9.84 Å². The van der Waals surface area contributed by atoms with Crippen LogP contribution >= 0.6 is 0 Å². The summed E-state index contributed by atoms with van der Waals surface area (Å²) in [6.45, 7) is 11.6. The fourth-order valence-corrected chi connectivity index (χ4v) is 4.67. The fourth-order valence-electron chi connectivity index (χ4n) is 3.03. The Labute approximate surface area is 134 Å². The van der Waals surface area contributed by atoms with Crippen molar-refractivity contribution in [1.29, 1.82) is 0 Å². The molecule has 0 radical (unpaired) electrons. The molecule has 0 bridgehead atoms. The summed E-state index contributed by atoms with van der Waals surface area (Å²) >= 11 is 0. The third kappa shape index (κ3) is 4.18. The Hall–Kier alpha value is -1.17. The first-order chi connectivity index (χ1) is 10.2. The van der Waals surface area contributed by atoms with Gasteiger partial charge in [0.05, 0.1) is 11.5 Å². The van der Waals surface area contributed by atoms with E-state index in [2.05, 4.69) is 23.8 Å². The van der Waals surface area contributed by atoms with E-state index >= 15 is 0 Å². The molecule has 5 nitrogen and oxygen atoms in total. The molecule has 1 aromatic heterocycles. The second kappa shape index (κ2) is 6.52. The highest BCUT2D eigenvalue weighted by Gasteiger charge is 2.26. The number of rotatable bonds is 3. The van der Waals surface area contributed by atoms with Gasteiger partial charge in [-0.25, -0.2) is 18.4 Å². The number of sulfone groups is 1. The molecule has 1 saturated heterocycles. The van der Waals surface area contributed by atoms with Gasteiger partial charge in [-0.3, -0.25) is 0 Å². The fraction of sp³-hybridized carbons (Fsp3) is 0.750. The molecule has 0 saturated carbocycles. The second-order valence-electron chi connectivity index (χ2n) is 6.94. The van der Waals surface area contributed by atoms with Crippen LogP contribution in [0, 0.1) is 25.7 Å². The van der Waals surface area contributed by atoms with Crippen LogP contribution in [0.2, 0.25) is 0 Å². The van der Waals surface area contributed by atoms with Crippen molar-refractivity contribution < 1.29 is 8.42 Å². The van der Waals surface area contributed by atoms with Gasteiger partial charge in [0, 0.05) is 24.5 Å². The topological polar surface area (TPSA) is 63.2 Å². The molecule has 0 aromatic carbocycles. The standard InChI is InChI=1S/C16H27N3O2S/c1-11(2)8-15-13(4)17-16(18-14(15)5)19-6-7-22(20,21)10-12(3)9-19/h11-12H,6-10H2,1-5H3/t12-/m1/s1. The summed E-state index contributed by atoms with van der Waals surface area (Å²) in [7, 11) is -2.95. The van der Waals surface area contributed by atoms with Gasteiger partial charge in [0.15, 0.2) is 9.84 Å². The number of hydrogen-bond donors (Lipinski definition) is 0. The van der Waals surface area contributed by atoms with Crippen LogP contribution in [0.3, 0.4) is 0 Å². The normalized spacial score (nSPS) is 21.9. The molecular formula is C16H27N3O2S. The van der Waals surface area contributed by atoms with Crippen LogP contribution in [0.4, 0.5) is 5.95 Å². The maximum atomic E-state index is 11.9. The average molecular weight is 325 g/mol. The highest BCUT2D eigenvalue weighted by atomic mass is 32.2. The molecule has 1 aliphatic heterocycles. The molecular weight excluding hydrogens is 298 g/mol. The van der Waals surface area contributed by atoms with Crippen LogP contribution < -0.4 is 4.90 Å². The summed E-state index contributed by atoms with van der Waals surface area (Å²) < 4.78 is 23.8. The summed E-state index contributed by atoms with van der Waals surface area (Å²) in [5.74, 6) is 1.79. The van der Waals surface area contributed by atoms with E-state index in [1.807, 2.05) is 25.7 Å². The van der Waals surface area contributed by atoms with Gasteiger partial charge in [0.1, 0.15) is 0 Å². The van der Waals surface area contributed by atoms with Crippen LogP contribution in [0.5, 0.6) is 0 Å². The van der Waals surface area contributed by atoms with Gasteiger partial charge in [-0.15, -0.1) is 0 Å². The van der Waals surface area contributed by atoms with Gasteiger partial charge in [-0.1, -0.05) is 20.8 Å². The molecule has 0 unspecified atom stereocenters. The van der Waals surface area contributed by atoms with E-state index in [0.29, 0.717) is 25.0 Å². The van der Waals surface area contributed by atoms with Gasteiger partial charge in [-0.2, -0.15) is 0 Å². The van der Waals surface area contributed by atoms with Crippen molar-refractivity contribution in [3.63, 3.8) is 0 Å². The lowest BCUT2D eigenvalue weighted by Crippen LogP contribution is -2.31. The quantitative estimate of drug-likeness (QED) is 0.852. The minimum absolute atomic E-state index is 0.104. The largest absolute Gasteiger partial charge is 0.339 e. The van der Waals surface area contributed by atoms with E-state index in [1.54, 1.807) is 0 Å². The lowest BCUT2D eigenvalue weighted by molar-refractivity contribution is 0.580. The number of aryl methyl sites for hydroxylation is 2. The van der Waals surface area contributed by atoms with Crippen LogP contribution in [-0.2, 0) is 16.3 Å². The zero-order chi connectivity index (χ0) is 16.5. The monoisotopic (exact) mass is 325 g/mol. The van der Waals surface area contributed by atoms with Crippen molar-refractivity contribution in [3.05, 3.63) is 17.0 Å². The summed E-state index contributed by atoms with van der Waals surface area (Å²) in [6, 6.07) is 0. The minimum Gasteiger partial charge on any atom is -0.339 e. The molecule has 0 N–H and O–H groups in total. The molecule has 0 spiro atoms. The van der Waals surface area contributed by atoms with Crippen LogP contribution in [0.15, 0.2) is 0 Å². The molecule has 2 heterocycles. The summed E-state index contributed by atoms with van der Waals surface area (Å²) in [6.07, 6.45) is 0.975. The molecule has 2 rings (SSSR count). The Morgan fingerprint density at radius 1 is 1.23 bits per heavy atom. The summed E-state index contributed by atoms with van der Waals surface area (Å²) in [5.41, 5.74) is 3.24. The minimum atomic E-state index is -2.95. The van der Waals surface area contributed by atoms with Crippen molar-refractivity contribution in [2.45, 2.75) is 41.0 Å². The van der Waals surface area contributed by atoms with Gasteiger partial charge in [0.2, 0.25) is 5.95 Å². The number of anilines is 1.